The molecular weight excluding hydrogens is 487 g/mol. The number of rotatable bonds is 7. The van der Waals surface area contributed by atoms with Gasteiger partial charge >= 0.3 is 0 Å². The predicted molar refractivity (Wildman–Crippen MR) is 136 cm³/mol. The van der Waals surface area contributed by atoms with Crippen molar-refractivity contribution in [3.63, 3.8) is 0 Å². The normalized spacial score (nSPS) is 16.8. The molecule has 0 unspecified atom stereocenters. The third-order valence-electron chi connectivity index (χ3n) is 7.46. The van der Waals surface area contributed by atoms with Crippen LogP contribution < -0.4 is 4.90 Å². The van der Waals surface area contributed by atoms with E-state index in [1.807, 2.05) is 29.1 Å². The Hall–Kier alpha value is -4.59. The fraction of sp³-hybridized carbons (Fsp3) is 0.333. The van der Waals surface area contributed by atoms with Crippen molar-refractivity contribution in [2.45, 2.75) is 43.7 Å². The molecule has 0 N–H and O–H groups in total. The van der Waals surface area contributed by atoms with E-state index >= 15 is 0 Å². The number of aromatic nitrogens is 5. The van der Waals surface area contributed by atoms with E-state index in [-0.39, 0.29) is 18.4 Å². The van der Waals surface area contributed by atoms with Crippen molar-refractivity contribution in [3.05, 3.63) is 66.2 Å². The maximum absolute atomic E-state index is 13.6. The minimum absolute atomic E-state index is 0.153. The Bertz CT molecular complexity index is 1560. The molecule has 1 saturated heterocycles. The van der Waals surface area contributed by atoms with Gasteiger partial charge in [0.1, 0.15) is 5.82 Å². The Morgan fingerprint density at radius 2 is 2.00 bits per heavy atom. The highest BCUT2D eigenvalue weighted by molar-refractivity contribution is 5.94. The number of hydrogen-bond acceptors (Lipinski definition) is 6. The zero-order chi connectivity index (χ0) is 26.3. The summed E-state index contributed by atoms with van der Waals surface area (Å²) in [7, 11) is 0. The molecule has 3 aromatic heterocycles. The van der Waals surface area contributed by atoms with Gasteiger partial charge in [-0.25, -0.2) is 8.91 Å². The lowest BCUT2D eigenvalue weighted by molar-refractivity contribution is -0.107. The number of anilines is 1. The summed E-state index contributed by atoms with van der Waals surface area (Å²) < 4.78 is 17.2. The Morgan fingerprint density at radius 3 is 2.71 bits per heavy atom. The second kappa shape index (κ2) is 9.37. The quantitative estimate of drug-likeness (QED) is 0.351. The first-order valence-electron chi connectivity index (χ1n) is 12.6. The predicted octanol–water partition coefficient (Wildman–Crippen LogP) is 3.40. The van der Waals surface area contributed by atoms with Gasteiger partial charge in [-0.3, -0.25) is 19.2 Å². The van der Waals surface area contributed by atoms with E-state index in [4.69, 9.17) is 0 Å². The third kappa shape index (κ3) is 4.18. The molecule has 1 aliphatic heterocycles. The molecule has 4 aromatic rings. The number of nitrogens with zero attached hydrogens (tertiary/aromatic N) is 8. The Balaban J connectivity index is 1.26. The smallest absolute Gasteiger partial charge is 0.253 e. The van der Waals surface area contributed by atoms with Gasteiger partial charge in [-0.05, 0) is 56.0 Å². The average Bonchev–Trinajstić information content (AvgIpc) is 3.46. The van der Waals surface area contributed by atoms with Crippen molar-refractivity contribution >= 4 is 23.9 Å². The topological polar surface area (TPSA) is 112 Å². The van der Waals surface area contributed by atoms with E-state index in [9.17, 15) is 19.2 Å². The largest absolute Gasteiger partial charge is 0.338 e. The summed E-state index contributed by atoms with van der Waals surface area (Å²) in [5.41, 5.74) is 1.92. The third-order valence-corrected chi connectivity index (χ3v) is 7.46. The van der Waals surface area contributed by atoms with Crippen molar-refractivity contribution in [2.24, 2.45) is 0 Å². The lowest BCUT2D eigenvalue weighted by Gasteiger charge is -2.40. The maximum Gasteiger partial charge on any atom is 0.253 e. The second-order valence-corrected chi connectivity index (χ2v) is 9.87. The molecule has 1 saturated carbocycles. The number of benzene rings is 1. The maximum atomic E-state index is 13.6. The van der Waals surface area contributed by atoms with Gasteiger partial charge in [-0.2, -0.15) is 15.3 Å². The number of pyridine rings is 1. The number of piperidine rings is 1. The van der Waals surface area contributed by atoms with Crippen molar-refractivity contribution in [3.8, 4) is 17.3 Å². The molecule has 2 amide bonds. The van der Waals surface area contributed by atoms with Crippen LogP contribution in [0.15, 0.2) is 54.9 Å². The SMILES string of the molecule is N#CCC1(n2cc(-c3cccc4nc(N(C=O)C5CC5)nn34)cn2)CCN(C(=O)c2cccc(F)c2)CC1. The van der Waals surface area contributed by atoms with Crippen LogP contribution in [0.25, 0.3) is 16.9 Å². The number of likely N-dealkylation sites (tertiary alicyclic amines) is 1. The van der Waals surface area contributed by atoms with Crippen LogP contribution >= 0.6 is 0 Å². The summed E-state index contributed by atoms with van der Waals surface area (Å²) in [4.78, 5) is 32.3. The molecule has 4 heterocycles. The minimum Gasteiger partial charge on any atom is -0.338 e. The molecule has 192 valence electrons. The molecule has 1 aromatic carbocycles. The van der Waals surface area contributed by atoms with Crippen molar-refractivity contribution in [1.82, 2.24) is 29.3 Å². The molecular formula is C27H25FN8O2. The molecule has 0 bridgehead atoms. The first kappa shape index (κ1) is 23.8. The number of amides is 2. The van der Waals surface area contributed by atoms with E-state index in [2.05, 4.69) is 21.3 Å². The van der Waals surface area contributed by atoms with E-state index in [0.29, 0.717) is 43.1 Å². The van der Waals surface area contributed by atoms with Gasteiger partial charge < -0.3 is 4.90 Å². The summed E-state index contributed by atoms with van der Waals surface area (Å²) in [5, 5.41) is 18.9. The molecule has 2 aliphatic rings. The molecule has 0 atom stereocenters. The minimum atomic E-state index is -0.576. The fourth-order valence-corrected chi connectivity index (χ4v) is 5.15. The summed E-state index contributed by atoms with van der Waals surface area (Å²) >= 11 is 0. The second-order valence-electron chi connectivity index (χ2n) is 9.87. The van der Waals surface area contributed by atoms with E-state index < -0.39 is 11.4 Å². The first-order chi connectivity index (χ1) is 18.5. The van der Waals surface area contributed by atoms with Crippen LogP contribution in [0.5, 0.6) is 0 Å². The Morgan fingerprint density at radius 1 is 1.21 bits per heavy atom. The highest BCUT2D eigenvalue weighted by Crippen LogP contribution is 2.35. The fourth-order valence-electron chi connectivity index (χ4n) is 5.15. The molecule has 1 aliphatic carbocycles. The molecule has 6 rings (SSSR count). The zero-order valence-corrected chi connectivity index (χ0v) is 20.6. The van der Waals surface area contributed by atoms with Gasteiger partial charge in [0, 0.05) is 36.5 Å². The van der Waals surface area contributed by atoms with E-state index in [1.54, 1.807) is 26.6 Å². The van der Waals surface area contributed by atoms with Crippen LogP contribution in [0.3, 0.4) is 0 Å². The highest BCUT2D eigenvalue weighted by Gasteiger charge is 2.39. The molecule has 0 spiro atoms. The molecule has 0 radical (unpaired) electrons. The van der Waals surface area contributed by atoms with Gasteiger partial charge in [-0.15, -0.1) is 5.10 Å². The highest BCUT2D eigenvalue weighted by atomic mass is 19.1. The van der Waals surface area contributed by atoms with Crippen LogP contribution in [-0.2, 0) is 10.3 Å². The zero-order valence-electron chi connectivity index (χ0n) is 20.6. The Kier molecular flexibility index (Phi) is 5.87. The van der Waals surface area contributed by atoms with Gasteiger partial charge in [0.15, 0.2) is 5.65 Å². The van der Waals surface area contributed by atoms with Gasteiger partial charge in [-0.1, -0.05) is 12.1 Å². The van der Waals surface area contributed by atoms with Crippen LogP contribution in [0.4, 0.5) is 10.3 Å². The molecule has 11 heteroatoms. The van der Waals surface area contributed by atoms with E-state index in [1.165, 1.54) is 18.2 Å². The molecule has 38 heavy (non-hydrogen) atoms. The number of carbonyl (C=O) groups excluding carboxylic acids is 2. The molecule has 2 fully saturated rings. The van der Waals surface area contributed by atoms with Crippen molar-refractivity contribution in [2.75, 3.05) is 18.0 Å². The summed E-state index contributed by atoms with van der Waals surface area (Å²) in [5.74, 6) is -0.296. The number of carbonyl (C=O) groups is 2. The first-order valence-corrected chi connectivity index (χ1v) is 12.6. The number of nitriles is 1. The summed E-state index contributed by atoms with van der Waals surface area (Å²) in [6.45, 7) is 0.855. The van der Waals surface area contributed by atoms with Gasteiger partial charge in [0.05, 0.1) is 29.9 Å². The van der Waals surface area contributed by atoms with Crippen LogP contribution in [0, 0.1) is 17.1 Å². The number of hydrogen-bond donors (Lipinski definition) is 0. The van der Waals surface area contributed by atoms with Gasteiger partial charge in [0.25, 0.3) is 11.9 Å². The van der Waals surface area contributed by atoms with Crippen LogP contribution in [-0.4, -0.2) is 60.7 Å². The van der Waals surface area contributed by atoms with Gasteiger partial charge in [0.2, 0.25) is 6.41 Å². The lowest BCUT2D eigenvalue weighted by Crippen LogP contribution is -2.48. The average molecular weight is 513 g/mol. The number of halogens is 1. The monoisotopic (exact) mass is 512 g/mol. The Labute approximate surface area is 217 Å². The van der Waals surface area contributed by atoms with Crippen LogP contribution in [0.2, 0.25) is 0 Å². The van der Waals surface area contributed by atoms with E-state index in [0.717, 1.165) is 30.5 Å². The van der Waals surface area contributed by atoms with Crippen LogP contribution in [0.1, 0.15) is 42.5 Å². The number of fused-ring (bicyclic) bond motifs is 1. The van der Waals surface area contributed by atoms with Crippen molar-refractivity contribution in [1.29, 1.82) is 5.26 Å². The van der Waals surface area contributed by atoms with Crippen molar-refractivity contribution < 1.29 is 14.0 Å². The standard InChI is InChI=1S/C27H25FN8O2/c28-21-4-1-3-19(15-21)25(38)33-13-10-27(9-12-29,11-14-33)35-17-20(16-30-35)23-5-2-6-24-31-26(32-36(23)24)34(18-37)22-7-8-22/h1-6,15-18,22H,7-11,13-14H2. The lowest BCUT2D eigenvalue weighted by atomic mass is 9.84. The summed E-state index contributed by atoms with van der Waals surface area (Å²) in [6.07, 6.45) is 7.62. The molecule has 10 nitrogen and oxygen atoms in total. The summed E-state index contributed by atoms with van der Waals surface area (Å²) in [6, 6.07) is 13.8.